The van der Waals surface area contributed by atoms with Gasteiger partial charge in [-0.15, -0.1) is 11.8 Å². The molecule has 2 N–H and O–H groups in total. The first-order chi connectivity index (χ1) is 16.5. The molecule has 0 amide bonds. The Morgan fingerprint density at radius 1 is 1.21 bits per heavy atom. The minimum Gasteiger partial charge on any atom is -0.497 e. The SMILES string of the molecule is COc1ccc2ncc(Cl)c([C@H](O)CCC3(CO)CCN(CCSc4ccncc4)CC3)c2c1. The van der Waals surface area contributed by atoms with E-state index in [0.29, 0.717) is 22.8 Å². The van der Waals surface area contributed by atoms with Crippen LogP contribution in [0.15, 0.2) is 53.8 Å². The Kier molecular flexibility index (Phi) is 8.66. The lowest BCUT2D eigenvalue weighted by Crippen LogP contribution is -2.43. The second kappa shape index (κ2) is 11.7. The molecule has 1 aliphatic rings. The molecule has 0 aliphatic carbocycles. The molecule has 34 heavy (non-hydrogen) atoms. The Bertz CT molecular complexity index is 1080. The molecule has 0 unspecified atom stereocenters. The van der Waals surface area contributed by atoms with Crippen LogP contribution >= 0.6 is 23.4 Å². The maximum atomic E-state index is 11.1. The van der Waals surface area contributed by atoms with Crippen molar-refractivity contribution in [2.24, 2.45) is 5.41 Å². The van der Waals surface area contributed by atoms with E-state index in [2.05, 4.69) is 14.9 Å². The molecule has 2 aromatic heterocycles. The van der Waals surface area contributed by atoms with Gasteiger partial charge in [0.05, 0.1) is 23.8 Å². The Balaban J connectivity index is 1.34. The number of ether oxygens (including phenoxy) is 1. The third kappa shape index (κ3) is 6.01. The Hall–Kier alpha value is -1.90. The molecule has 1 fully saturated rings. The van der Waals surface area contributed by atoms with Gasteiger partial charge in [0.2, 0.25) is 0 Å². The molecule has 0 radical (unpaired) electrons. The van der Waals surface area contributed by atoms with Crippen molar-refractivity contribution in [1.82, 2.24) is 14.9 Å². The number of piperidine rings is 1. The third-order valence-corrected chi connectivity index (χ3v) is 8.22. The van der Waals surface area contributed by atoms with Crippen molar-refractivity contribution in [1.29, 1.82) is 0 Å². The number of methoxy groups -OCH3 is 1. The molecule has 6 nitrogen and oxygen atoms in total. The zero-order valence-corrected chi connectivity index (χ0v) is 21.1. The quantitative estimate of drug-likeness (QED) is 0.379. The first kappa shape index (κ1) is 25.2. The van der Waals surface area contributed by atoms with Gasteiger partial charge in [-0.2, -0.15) is 0 Å². The molecular formula is C26H32ClN3O3S. The number of aliphatic hydroxyl groups is 2. The van der Waals surface area contributed by atoms with Crippen molar-refractivity contribution in [2.45, 2.75) is 36.7 Å². The second-order valence-corrected chi connectivity index (χ2v) is 10.6. The van der Waals surface area contributed by atoms with E-state index < -0.39 is 6.10 Å². The van der Waals surface area contributed by atoms with Gasteiger partial charge in [-0.25, -0.2) is 0 Å². The number of benzene rings is 1. The Morgan fingerprint density at radius 2 is 1.97 bits per heavy atom. The van der Waals surface area contributed by atoms with Crippen LogP contribution in [-0.4, -0.2) is 64.2 Å². The summed E-state index contributed by atoms with van der Waals surface area (Å²) < 4.78 is 5.35. The number of aliphatic hydroxyl groups excluding tert-OH is 2. The van der Waals surface area contributed by atoms with E-state index in [-0.39, 0.29) is 12.0 Å². The van der Waals surface area contributed by atoms with Gasteiger partial charge in [0.1, 0.15) is 5.75 Å². The van der Waals surface area contributed by atoms with Crippen LogP contribution in [0, 0.1) is 5.41 Å². The average Bonchev–Trinajstić information content (AvgIpc) is 2.88. The van der Waals surface area contributed by atoms with Gasteiger partial charge in [0, 0.05) is 53.3 Å². The summed E-state index contributed by atoms with van der Waals surface area (Å²) in [6, 6.07) is 9.67. The minimum absolute atomic E-state index is 0.137. The maximum absolute atomic E-state index is 11.1. The summed E-state index contributed by atoms with van der Waals surface area (Å²) in [5, 5.41) is 22.7. The fourth-order valence-corrected chi connectivity index (χ4v) is 5.86. The summed E-state index contributed by atoms with van der Waals surface area (Å²) in [6.07, 6.45) is 7.64. The largest absolute Gasteiger partial charge is 0.497 e. The number of likely N-dealkylation sites (tertiary alicyclic amines) is 1. The predicted molar refractivity (Wildman–Crippen MR) is 138 cm³/mol. The second-order valence-electron chi connectivity index (χ2n) is 8.99. The number of fused-ring (bicyclic) bond motifs is 1. The molecule has 0 spiro atoms. The van der Waals surface area contributed by atoms with Crippen molar-refractivity contribution < 1.29 is 14.9 Å². The van der Waals surface area contributed by atoms with Crippen LogP contribution in [0.25, 0.3) is 10.9 Å². The van der Waals surface area contributed by atoms with Crippen molar-refractivity contribution in [3.05, 3.63) is 59.5 Å². The molecule has 1 atom stereocenters. The molecule has 8 heteroatoms. The first-order valence-corrected chi connectivity index (χ1v) is 13.1. The molecule has 3 heterocycles. The van der Waals surface area contributed by atoms with Crippen LogP contribution in [0.5, 0.6) is 5.75 Å². The monoisotopic (exact) mass is 501 g/mol. The highest BCUT2D eigenvalue weighted by molar-refractivity contribution is 7.99. The Labute approximate surface area is 210 Å². The van der Waals surface area contributed by atoms with Crippen LogP contribution < -0.4 is 4.74 Å². The van der Waals surface area contributed by atoms with Gasteiger partial charge in [0.15, 0.2) is 0 Å². The fourth-order valence-electron chi connectivity index (χ4n) is 4.69. The molecule has 4 rings (SSSR count). The standard InChI is InChI=1S/C26H32ClN3O3S/c1-33-19-2-3-23-21(16-19)25(22(27)17-29-23)24(32)4-7-26(18-31)8-12-30(13-9-26)14-15-34-20-5-10-28-11-6-20/h2-3,5-6,10-11,16-17,24,31-32H,4,7-9,12-15,18H2,1H3/t24-/m1/s1. The van der Waals surface area contributed by atoms with Crippen molar-refractivity contribution >= 4 is 34.3 Å². The van der Waals surface area contributed by atoms with Gasteiger partial charge >= 0.3 is 0 Å². The third-order valence-electron chi connectivity index (χ3n) is 6.93. The molecule has 0 saturated carbocycles. The number of aromatic nitrogens is 2. The van der Waals surface area contributed by atoms with Gasteiger partial charge in [0.25, 0.3) is 0 Å². The minimum atomic E-state index is -0.733. The van der Waals surface area contributed by atoms with E-state index in [1.54, 1.807) is 13.3 Å². The number of halogens is 1. The van der Waals surface area contributed by atoms with Gasteiger partial charge in [-0.3, -0.25) is 9.97 Å². The van der Waals surface area contributed by atoms with E-state index >= 15 is 0 Å². The van der Waals surface area contributed by atoms with Crippen molar-refractivity contribution in [3.63, 3.8) is 0 Å². The molecule has 0 bridgehead atoms. The van der Waals surface area contributed by atoms with E-state index in [1.165, 1.54) is 4.90 Å². The number of thioether (sulfide) groups is 1. The van der Waals surface area contributed by atoms with Crippen molar-refractivity contribution in [2.75, 3.05) is 39.1 Å². The predicted octanol–water partition coefficient (Wildman–Crippen LogP) is 4.97. The van der Waals surface area contributed by atoms with Crippen LogP contribution in [-0.2, 0) is 0 Å². The number of hydrogen-bond acceptors (Lipinski definition) is 7. The summed E-state index contributed by atoms with van der Waals surface area (Å²) in [7, 11) is 1.62. The van der Waals surface area contributed by atoms with Crippen LogP contribution in [0.2, 0.25) is 5.02 Å². The molecule has 3 aromatic rings. The lowest BCUT2D eigenvalue weighted by atomic mass is 9.74. The number of pyridine rings is 2. The molecule has 182 valence electrons. The van der Waals surface area contributed by atoms with Gasteiger partial charge in [-0.1, -0.05) is 11.6 Å². The van der Waals surface area contributed by atoms with E-state index in [4.69, 9.17) is 16.3 Å². The fraction of sp³-hybridized carbons (Fsp3) is 0.462. The van der Waals surface area contributed by atoms with Crippen LogP contribution in [0.4, 0.5) is 0 Å². The van der Waals surface area contributed by atoms with Crippen molar-refractivity contribution in [3.8, 4) is 5.75 Å². The summed E-state index contributed by atoms with van der Waals surface area (Å²) >= 11 is 8.32. The molecule has 1 aromatic carbocycles. The zero-order valence-electron chi connectivity index (χ0n) is 19.5. The maximum Gasteiger partial charge on any atom is 0.119 e. The molecular weight excluding hydrogens is 470 g/mol. The average molecular weight is 502 g/mol. The summed E-state index contributed by atoms with van der Waals surface area (Å²) in [5.74, 6) is 1.73. The Morgan fingerprint density at radius 3 is 2.68 bits per heavy atom. The highest BCUT2D eigenvalue weighted by atomic mass is 35.5. The summed E-state index contributed by atoms with van der Waals surface area (Å²) in [5.41, 5.74) is 1.29. The van der Waals surface area contributed by atoms with E-state index in [9.17, 15) is 10.2 Å². The smallest absolute Gasteiger partial charge is 0.119 e. The first-order valence-electron chi connectivity index (χ1n) is 11.7. The topological polar surface area (TPSA) is 78.7 Å². The number of nitrogens with zero attached hydrogens (tertiary/aromatic N) is 3. The summed E-state index contributed by atoms with van der Waals surface area (Å²) in [6.45, 7) is 3.09. The van der Waals surface area contributed by atoms with E-state index in [0.717, 1.165) is 55.6 Å². The highest BCUT2D eigenvalue weighted by Crippen LogP contribution is 2.40. The molecule has 1 aliphatic heterocycles. The van der Waals surface area contributed by atoms with E-state index in [1.807, 2.05) is 54.5 Å². The zero-order chi connectivity index (χ0) is 24.0. The number of rotatable bonds is 10. The van der Waals surface area contributed by atoms with Crippen LogP contribution in [0.3, 0.4) is 0 Å². The lowest BCUT2D eigenvalue weighted by Gasteiger charge is -2.41. The van der Waals surface area contributed by atoms with Gasteiger partial charge < -0.3 is 19.8 Å². The highest BCUT2D eigenvalue weighted by Gasteiger charge is 2.34. The van der Waals surface area contributed by atoms with Gasteiger partial charge in [-0.05, 0) is 74.5 Å². The normalized spacial score (nSPS) is 17.1. The van der Waals surface area contributed by atoms with Crippen LogP contribution in [0.1, 0.15) is 37.4 Å². The molecule has 1 saturated heterocycles. The lowest BCUT2D eigenvalue weighted by molar-refractivity contribution is 0.0254. The summed E-state index contributed by atoms with van der Waals surface area (Å²) in [4.78, 5) is 12.2. The number of hydrogen-bond donors (Lipinski definition) is 2.